The van der Waals surface area contributed by atoms with Gasteiger partial charge in [-0.15, -0.1) is 0 Å². The highest BCUT2D eigenvalue weighted by Crippen LogP contribution is 2.24. The number of nitrogens with one attached hydrogen (secondary N) is 2. The van der Waals surface area contributed by atoms with Crippen LogP contribution in [0.2, 0.25) is 0 Å². The van der Waals surface area contributed by atoms with Crippen molar-refractivity contribution < 1.29 is 19.1 Å². The number of hydrogen-bond donors (Lipinski definition) is 2. The molecule has 2 atom stereocenters. The van der Waals surface area contributed by atoms with Gasteiger partial charge in [0.2, 0.25) is 0 Å². The number of carbonyl (C=O) groups is 2. The highest BCUT2D eigenvalue weighted by atomic mass is 16.6. The first-order valence-corrected chi connectivity index (χ1v) is 11.0. The fraction of sp³-hybridized carbons (Fsp3) is 0.773. The highest BCUT2D eigenvalue weighted by Gasteiger charge is 2.33. The van der Waals surface area contributed by atoms with E-state index in [1.54, 1.807) is 17.9 Å². The summed E-state index contributed by atoms with van der Waals surface area (Å²) < 4.78 is 12.5. The number of aryl methyl sites for hydroxylation is 1. The molecule has 0 saturated carbocycles. The van der Waals surface area contributed by atoms with Gasteiger partial charge in [-0.05, 0) is 67.7 Å². The molecule has 2 heterocycles. The summed E-state index contributed by atoms with van der Waals surface area (Å²) >= 11 is 0. The summed E-state index contributed by atoms with van der Waals surface area (Å²) in [7, 11) is 1.77. The van der Waals surface area contributed by atoms with Crippen molar-refractivity contribution in [2.24, 2.45) is 7.05 Å². The van der Waals surface area contributed by atoms with Crippen LogP contribution in [-0.2, 0) is 23.1 Å². The van der Waals surface area contributed by atoms with Crippen molar-refractivity contribution in [3.05, 3.63) is 11.8 Å². The molecular formula is C22H39N5O4. The molecule has 9 heteroatoms. The standard InChI is InChI=1S/C22H39N5O4/c1-15(12-17-10-9-11-27(17)20(29)31-22(5,6)7)23-13-16-14-24-26(8)18(16)25-19(28)30-21(2,3)4/h14-15,17,23H,9-13H2,1-8H3,(H,25,28). The van der Waals surface area contributed by atoms with Gasteiger partial charge in [-0.1, -0.05) is 0 Å². The monoisotopic (exact) mass is 437 g/mol. The summed E-state index contributed by atoms with van der Waals surface area (Å²) in [5, 5.41) is 10.5. The minimum absolute atomic E-state index is 0.158. The van der Waals surface area contributed by atoms with Crippen LogP contribution >= 0.6 is 0 Å². The molecule has 0 bridgehead atoms. The number of likely N-dealkylation sites (tertiary alicyclic amines) is 1. The Labute approximate surface area is 185 Å². The lowest BCUT2D eigenvalue weighted by molar-refractivity contribution is 0.0214. The minimum Gasteiger partial charge on any atom is -0.444 e. The number of hydrogen-bond acceptors (Lipinski definition) is 6. The molecule has 1 aliphatic rings. The molecule has 1 aromatic heterocycles. The summed E-state index contributed by atoms with van der Waals surface area (Å²) in [5.41, 5.74) is -0.196. The van der Waals surface area contributed by atoms with Gasteiger partial charge >= 0.3 is 12.2 Å². The van der Waals surface area contributed by atoms with Crippen LogP contribution < -0.4 is 10.6 Å². The van der Waals surface area contributed by atoms with Crippen LogP contribution in [0, 0.1) is 0 Å². The van der Waals surface area contributed by atoms with Crippen molar-refractivity contribution in [1.82, 2.24) is 20.0 Å². The molecule has 9 nitrogen and oxygen atoms in total. The smallest absolute Gasteiger partial charge is 0.413 e. The molecule has 2 amide bonds. The lowest BCUT2D eigenvalue weighted by Gasteiger charge is -2.30. The van der Waals surface area contributed by atoms with Gasteiger partial charge in [0.05, 0.1) is 6.20 Å². The van der Waals surface area contributed by atoms with Crippen molar-refractivity contribution in [2.45, 2.75) is 97.6 Å². The fourth-order valence-electron chi connectivity index (χ4n) is 3.59. The van der Waals surface area contributed by atoms with Crippen LogP contribution in [0.25, 0.3) is 0 Å². The first-order chi connectivity index (χ1) is 14.2. The fourth-order valence-corrected chi connectivity index (χ4v) is 3.59. The average molecular weight is 438 g/mol. The summed E-state index contributed by atoms with van der Waals surface area (Å²) in [5.74, 6) is 0.602. The van der Waals surface area contributed by atoms with Crippen LogP contribution in [0.1, 0.15) is 73.3 Å². The van der Waals surface area contributed by atoms with Crippen LogP contribution in [0.4, 0.5) is 15.4 Å². The summed E-state index contributed by atoms with van der Waals surface area (Å²) in [6.07, 6.45) is 3.78. The zero-order valence-corrected chi connectivity index (χ0v) is 20.2. The molecule has 31 heavy (non-hydrogen) atoms. The predicted molar refractivity (Wildman–Crippen MR) is 120 cm³/mol. The van der Waals surface area contributed by atoms with Gasteiger partial charge in [-0.3, -0.25) is 10.00 Å². The van der Waals surface area contributed by atoms with E-state index in [0.29, 0.717) is 12.4 Å². The Balaban J connectivity index is 1.91. The maximum absolute atomic E-state index is 12.5. The number of amides is 2. The maximum atomic E-state index is 12.5. The zero-order valence-electron chi connectivity index (χ0n) is 20.2. The number of anilines is 1. The number of nitrogens with zero attached hydrogens (tertiary/aromatic N) is 3. The molecule has 2 rings (SSSR count). The lowest BCUT2D eigenvalue weighted by Crippen LogP contribution is -2.42. The van der Waals surface area contributed by atoms with E-state index in [1.165, 1.54) is 0 Å². The Hall–Kier alpha value is -2.29. The molecule has 1 aliphatic heterocycles. The van der Waals surface area contributed by atoms with Crippen molar-refractivity contribution in [3.8, 4) is 0 Å². The normalized spacial score (nSPS) is 18.1. The summed E-state index contributed by atoms with van der Waals surface area (Å²) in [6.45, 7) is 14.5. The molecule has 176 valence electrons. The molecule has 0 aromatic carbocycles. The summed E-state index contributed by atoms with van der Waals surface area (Å²) in [6, 6.07) is 0.327. The topological polar surface area (TPSA) is 97.7 Å². The Morgan fingerprint density at radius 2 is 1.84 bits per heavy atom. The van der Waals surface area contributed by atoms with E-state index in [-0.39, 0.29) is 18.2 Å². The van der Waals surface area contributed by atoms with Crippen LogP contribution in [-0.4, -0.2) is 56.7 Å². The zero-order chi connectivity index (χ0) is 23.4. The number of carbonyl (C=O) groups excluding carboxylic acids is 2. The average Bonchev–Trinajstić information content (AvgIpc) is 3.17. The van der Waals surface area contributed by atoms with E-state index >= 15 is 0 Å². The lowest BCUT2D eigenvalue weighted by atomic mass is 10.1. The second-order valence-corrected chi connectivity index (χ2v) is 10.3. The van der Waals surface area contributed by atoms with E-state index in [4.69, 9.17) is 9.47 Å². The van der Waals surface area contributed by atoms with Crippen molar-refractivity contribution in [3.63, 3.8) is 0 Å². The Bertz CT molecular complexity index is 763. The second kappa shape index (κ2) is 9.89. The van der Waals surface area contributed by atoms with Gasteiger partial charge in [-0.2, -0.15) is 5.10 Å². The maximum Gasteiger partial charge on any atom is 0.413 e. The second-order valence-electron chi connectivity index (χ2n) is 10.3. The molecule has 1 saturated heterocycles. The van der Waals surface area contributed by atoms with Crippen molar-refractivity contribution in [2.75, 3.05) is 11.9 Å². The highest BCUT2D eigenvalue weighted by molar-refractivity contribution is 5.84. The van der Waals surface area contributed by atoms with Crippen LogP contribution in [0.5, 0.6) is 0 Å². The van der Waals surface area contributed by atoms with Crippen LogP contribution in [0.3, 0.4) is 0 Å². The molecule has 0 radical (unpaired) electrons. The minimum atomic E-state index is -0.573. The number of ether oxygens (including phenoxy) is 2. The van der Waals surface area contributed by atoms with Gasteiger partial charge in [0.1, 0.15) is 17.0 Å². The first-order valence-electron chi connectivity index (χ1n) is 11.0. The van der Waals surface area contributed by atoms with Crippen LogP contribution in [0.15, 0.2) is 6.20 Å². The third-order valence-corrected chi connectivity index (χ3v) is 4.91. The number of rotatable bonds is 6. The Morgan fingerprint density at radius 1 is 1.19 bits per heavy atom. The van der Waals surface area contributed by atoms with E-state index in [2.05, 4.69) is 22.7 Å². The molecular weight excluding hydrogens is 398 g/mol. The third kappa shape index (κ3) is 8.05. The van der Waals surface area contributed by atoms with E-state index < -0.39 is 17.3 Å². The van der Waals surface area contributed by atoms with Gasteiger partial charge in [0, 0.05) is 37.8 Å². The number of aromatic nitrogens is 2. The van der Waals surface area contributed by atoms with Gasteiger partial charge in [-0.25, -0.2) is 9.59 Å². The van der Waals surface area contributed by atoms with E-state index in [0.717, 1.165) is 31.4 Å². The first kappa shape index (κ1) is 25.0. The molecule has 0 aliphatic carbocycles. The Kier molecular flexibility index (Phi) is 7.97. The predicted octanol–water partition coefficient (Wildman–Crippen LogP) is 4.03. The third-order valence-electron chi connectivity index (χ3n) is 4.91. The van der Waals surface area contributed by atoms with Gasteiger partial charge in [0.25, 0.3) is 0 Å². The van der Waals surface area contributed by atoms with E-state index in [1.807, 2.05) is 46.4 Å². The SMILES string of the molecule is CC(CC1CCCN1C(=O)OC(C)(C)C)NCc1cnn(C)c1NC(=O)OC(C)(C)C. The summed E-state index contributed by atoms with van der Waals surface area (Å²) in [4.78, 5) is 26.5. The quantitative estimate of drug-likeness (QED) is 0.697. The molecule has 2 N–H and O–H groups in total. The molecule has 2 unspecified atom stereocenters. The molecule has 1 aromatic rings. The molecule has 0 spiro atoms. The van der Waals surface area contributed by atoms with Crippen molar-refractivity contribution in [1.29, 1.82) is 0 Å². The molecule has 1 fully saturated rings. The van der Waals surface area contributed by atoms with Gasteiger partial charge < -0.3 is 19.7 Å². The Morgan fingerprint density at radius 3 is 2.45 bits per heavy atom. The van der Waals surface area contributed by atoms with E-state index in [9.17, 15) is 9.59 Å². The van der Waals surface area contributed by atoms with Crippen molar-refractivity contribution >= 4 is 18.0 Å². The van der Waals surface area contributed by atoms with Gasteiger partial charge in [0.15, 0.2) is 0 Å². The largest absolute Gasteiger partial charge is 0.444 e.